The van der Waals surface area contributed by atoms with Crippen LogP contribution in [-0.4, -0.2) is 28.0 Å². The number of aromatic hydroxyl groups is 1. The van der Waals surface area contributed by atoms with E-state index in [0.717, 1.165) is 11.1 Å². The molecule has 4 nitrogen and oxygen atoms in total. The number of hydrogen-bond acceptors (Lipinski definition) is 4. The van der Waals surface area contributed by atoms with E-state index in [-0.39, 0.29) is 28.6 Å². The highest BCUT2D eigenvalue weighted by molar-refractivity contribution is 5.52. The van der Waals surface area contributed by atoms with Gasteiger partial charge in [-0.3, -0.25) is 0 Å². The molecule has 2 aromatic rings. The van der Waals surface area contributed by atoms with Crippen LogP contribution in [0.1, 0.15) is 117 Å². The average molecular weight is 485 g/mol. The first-order valence-corrected chi connectivity index (χ1v) is 12.7. The smallest absolute Gasteiger partial charge is 0.123 e. The highest BCUT2D eigenvalue weighted by atomic mass is 16.5. The summed E-state index contributed by atoms with van der Waals surface area (Å²) in [6, 6.07) is 9.75. The van der Waals surface area contributed by atoms with Gasteiger partial charge in [0, 0.05) is 5.56 Å². The molecule has 0 aliphatic heterocycles. The summed E-state index contributed by atoms with van der Waals surface area (Å²) in [5, 5.41) is 33.3. The zero-order chi connectivity index (χ0) is 27.1. The molecule has 2 rings (SSSR count). The molecule has 0 spiro atoms. The number of ether oxygens (including phenoxy) is 1. The number of hydrogen-bond donors (Lipinski definition) is 3. The molecule has 2 unspecified atom stereocenters. The Balaban J connectivity index is 2.47. The Morgan fingerprint density at radius 3 is 1.69 bits per heavy atom. The van der Waals surface area contributed by atoms with E-state index in [4.69, 9.17) is 4.74 Å². The summed E-state index contributed by atoms with van der Waals surface area (Å²) in [6.07, 6.45) is -2.38. The molecular formula is C31H48O4. The van der Waals surface area contributed by atoms with Crippen LogP contribution < -0.4 is 4.74 Å². The van der Waals surface area contributed by atoms with Gasteiger partial charge in [0.2, 0.25) is 0 Å². The minimum Gasteiger partial charge on any atom is -0.508 e. The predicted molar refractivity (Wildman–Crippen MR) is 146 cm³/mol. The van der Waals surface area contributed by atoms with Gasteiger partial charge in [-0.1, -0.05) is 101 Å². The van der Waals surface area contributed by atoms with Crippen molar-refractivity contribution in [3.63, 3.8) is 0 Å². The summed E-state index contributed by atoms with van der Waals surface area (Å²) in [7, 11) is 0. The van der Waals surface area contributed by atoms with Gasteiger partial charge in [-0.05, 0) is 56.0 Å². The lowest BCUT2D eigenvalue weighted by atomic mass is 9.73. The highest BCUT2D eigenvalue weighted by Gasteiger charge is 2.34. The summed E-state index contributed by atoms with van der Waals surface area (Å²) in [5.74, 6) is 0.834. The highest BCUT2D eigenvalue weighted by Crippen LogP contribution is 2.43. The van der Waals surface area contributed by atoms with E-state index in [0.29, 0.717) is 16.9 Å². The molecule has 0 fully saturated rings. The van der Waals surface area contributed by atoms with Crippen LogP contribution in [0.2, 0.25) is 0 Å². The number of benzene rings is 2. The maximum atomic E-state index is 11.4. The number of aliphatic hydroxyl groups is 2. The molecule has 35 heavy (non-hydrogen) atoms. The molecule has 0 aliphatic rings. The van der Waals surface area contributed by atoms with Gasteiger partial charge in [-0.25, -0.2) is 0 Å². The standard InChI is InChI=1S/C31H48O4/c1-28(2,3)19-13-16-24(21(17-19)30(7,8)9)35-18-23(33)27(34)25-20(29(4,5)6)14-15-22(32)26(25)31(10,11)12/h13-17,23,27,32-34H,18H2,1-12H3. The summed E-state index contributed by atoms with van der Waals surface area (Å²) in [5.41, 5.74) is 3.57. The lowest BCUT2D eigenvalue weighted by Gasteiger charge is -2.34. The normalized spacial score (nSPS) is 15.1. The van der Waals surface area contributed by atoms with Gasteiger partial charge in [-0.15, -0.1) is 0 Å². The first kappa shape index (κ1) is 29.2. The van der Waals surface area contributed by atoms with Gasteiger partial charge in [0.1, 0.15) is 30.3 Å². The first-order valence-electron chi connectivity index (χ1n) is 12.7. The third kappa shape index (κ3) is 6.80. The average Bonchev–Trinajstić information content (AvgIpc) is 2.67. The van der Waals surface area contributed by atoms with E-state index in [1.54, 1.807) is 6.07 Å². The fourth-order valence-electron chi connectivity index (χ4n) is 4.52. The van der Waals surface area contributed by atoms with Crippen molar-refractivity contribution in [2.75, 3.05) is 6.61 Å². The van der Waals surface area contributed by atoms with E-state index >= 15 is 0 Å². The number of phenols is 1. The van der Waals surface area contributed by atoms with Crippen LogP contribution in [-0.2, 0) is 21.7 Å². The Labute approximate surface area is 213 Å². The molecular weight excluding hydrogens is 436 g/mol. The Bertz CT molecular complexity index is 1020. The maximum Gasteiger partial charge on any atom is 0.123 e. The first-order chi connectivity index (χ1) is 15.7. The minimum atomic E-state index is -1.21. The van der Waals surface area contributed by atoms with Crippen molar-refractivity contribution in [3.05, 3.63) is 58.1 Å². The van der Waals surface area contributed by atoms with Crippen molar-refractivity contribution in [3.8, 4) is 11.5 Å². The summed E-state index contributed by atoms with van der Waals surface area (Å²) < 4.78 is 6.14. The Kier molecular flexibility index (Phi) is 8.16. The van der Waals surface area contributed by atoms with E-state index in [9.17, 15) is 15.3 Å². The zero-order valence-electron chi connectivity index (χ0n) is 24.0. The summed E-state index contributed by atoms with van der Waals surface area (Å²) in [4.78, 5) is 0. The molecule has 0 aliphatic carbocycles. The lowest BCUT2D eigenvalue weighted by Crippen LogP contribution is -2.31. The summed E-state index contributed by atoms with van der Waals surface area (Å²) in [6.45, 7) is 25.1. The monoisotopic (exact) mass is 484 g/mol. The quantitative estimate of drug-likeness (QED) is 0.425. The number of phenolic OH excluding ortho intramolecular Hbond substituents is 1. The van der Waals surface area contributed by atoms with Crippen molar-refractivity contribution in [2.45, 2.75) is 117 Å². The van der Waals surface area contributed by atoms with Crippen LogP contribution in [0.15, 0.2) is 30.3 Å². The second-order valence-electron chi connectivity index (χ2n) is 14.0. The Hall–Kier alpha value is -2.04. The van der Waals surface area contributed by atoms with Gasteiger partial charge in [-0.2, -0.15) is 0 Å². The van der Waals surface area contributed by atoms with Crippen LogP contribution in [0.3, 0.4) is 0 Å². The molecule has 0 saturated carbocycles. The molecule has 0 aromatic heterocycles. The second-order valence-corrected chi connectivity index (χ2v) is 14.0. The lowest BCUT2D eigenvalue weighted by molar-refractivity contribution is -0.0110. The molecule has 2 aromatic carbocycles. The largest absolute Gasteiger partial charge is 0.508 e. The molecule has 0 saturated heterocycles. The number of aliphatic hydroxyl groups excluding tert-OH is 2. The van der Waals surface area contributed by atoms with Gasteiger partial charge in [0.05, 0.1) is 0 Å². The van der Waals surface area contributed by atoms with Crippen molar-refractivity contribution in [1.82, 2.24) is 0 Å². The van der Waals surface area contributed by atoms with Crippen LogP contribution in [0.25, 0.3) is 0 Å². The van der Waals surface area contributed by atoms with Crippen LogP contribution in [0, 0.1) is 0 Å². The third-order valence-corrected chi connectivity index (χ3v) is 6.50. The molecule has 0 heterocycles. The van der Waals surface area contributed by atoms with E-state index in [1.165, 1.54) is 5.56 Å². The molecule has 196 valence electrons. The van der Waals surface area contributed by atoms with Crippen LogP contribution >= 0.6 is 0 Å². The Morgan fingerprint density at radius 2 is 1.23 bits per heavy atom. The van der Waals surface area contributed by atoms with Gasteiger partial charge in [0.25, 0.3) is 0 Å². The number of rotatable bonds is 5. The van der Waals surface area contributed by atoms with Gasteiger partial charge >= 0.3 is 0 Å². The topological polar surface area (TPSA) is 69.9 Å². The molecule has 0 bridgehead atoms. The third-order valence-electron chi connectivity index (χ3n) is 6.50. The van der Waals surface area contributed by atoms with Crippen molar-refractivity contribution in [1.29, 1.82) is 0 Å². The SMILES string of the molecule is CC(C)(C)c1ccc(OCC(O)C(O)c2c(C(C)(C)C)ccc(O)c2C(C)(C)C)c(C(C)(C)C)c1. The molecule has 4 heteroatoms. The molecule has 0 radical (unpaired) electrons. The van der Waals surface area contributed by atoms with Crippen molar-refractivity contribution < 1.29 is 20.1 Å². The van der Waals surface area contributed by atoms with Crippen LogP contribution in [0.4, 0.5) is 0 Å². The molecule has 0 amide bonds. The second kappa shape index (κ2) is 9.78. The fraction of sp³-hybridized carbons (Fsp3) is 0.613. The predicted octanol–water partition coefficient (Wildman–Crippen LogP) is 7.06. The fourth-order valence-corrected chi connectivity index (χ4v) is 4.52. The maximum absolute atomic E-state index is 11.4. The molecule has 3 N–H and O–H groups in total. The van der Waals surface area contributed by atoms with Crippen molar-refractivity contribution >= 4 is 0 Å². The van der Waals surface area contributed by atoms with Crippen LogP contribution in [0.5, 0.6) is 11.5 Å². The van der Waals surface area contributed by atoms with E-state index < -0.39 is 17.6 Å². The molecule has 2 atom stereocenters. The van der Waals surface area contributed by atoms with E-state index in [2.05, 4.69) is 74.4 Å². The Morgan fingerprint density at radius 1 is 0.686 bits per heavy atom. The minimum absolute atomic E-state index is 0.0102. The van der Waals surface area contributed by atoms with Gasteiger partial charge < -0.3 is 20.1 Å². The van der Waals surface area contributed by atoms with Crippen molar-refractivity contribution in [2.24, 2.45) is 0 Å². The van der Waals surface area contributed by atoms with Gasteiger partial charge in [0.15, 0.2) is 0 Å². The zero-order valence-corrected chi connectivity index (χ0v) is 24.0. The summed E-state index contributed by atoms with van der Waals surface area (Å²) >= 11 is 0. The van der Waals surface area contributed by atoms with E-state index in [1.807, 2.05) is 32.9 Å².